The lowest BCUT2D eigenvalue weighted by molar-refractivity contribution is -0.264. The summed E-state index contributed by atoms with van der Waals surface area (Å²) in [5.41, 5.74) is 2.35. The van der Waals surface area contributed by atoms with E-state index in [-0.39, 0.29) is 56.6 Å². The van der Waals surface area contributed by atoms with Gasteiger partial charge in [0.2, 0.25) is 0 Å². The Bertz CT molecular complexity index is 1040. The molecule has 5 aliphatic carbocycles. The molecule has 0 amide bonds. The molecule has 0 heterocycles. The van der Waals surface area contributed by atoms with Crippen molar-refractivity contribution in [1.29, 1.82) is 0 Å². The molecule has 0 unspecified atom stereocenters. The average Bonchev–Trinajstić information content (AvgIpc) is 2.77. The lowest BCUT2D eigenvalue weighted by atomic mass is 9.32. The second-order valence-corrected chi connectivity index (χ2v) is 16.5. The number of rotatable bonds is 2. The second-order valence-electron chi connectivity index (χ2n) is 16.5. The summed E-state index contributed by atoms with van der Waals surface area (Å²) in [4.78, 5) is 24.6. The van der Waals surface area contributed by atoms with Crippen LogP contribution in [0.2, 0.25) is 0 Å². The van der Waals surface area contributed by atoms with Crippen LogP contribution in [0.4, 0.5) is 0 Å². The molecule has 0 aromatic carbocycles. The molecule has 0 saturated heterocycles. The highest BCUT2D eigenvalue weighted by molar-refractivity contribution is 5.66. The first-order valence-corrected chi connectivity index (χ1v) is 15.5. The molecule has 9 atom stereocenters. The number of carbonyl (C=O) groups excluding carboxylic acids is 2. The van der Waals surface area contributed by atoms with E-state index >= 15 is 0 Å². The molecule has 214 valence electrons. The Labute approximate surface area is 232 Å². The van der Waals surface area contributed by atoms with Crippen molar-refractivity contribution in [1.82, 2.24) is 0 Å². The fraction of sp³-hybridized carbons (Fsp3) is 0.882. The highest BCUT2D eigenvalue weighted by atomic mass is 16.5. The topological polar surface area (TPSA) is 52.6 Å². The van der Waals surface area contributed by atoms with E-state index in [4.69, 9.17) is 9.47 Å². The van der Waals surface area contributed by atoms with Gasteiger partial charge in [0, 0.05) is 25.2 Å². The third-order valence-corrected chi connectivity index (χ3v) is 13.5. The molecule has 5 rings (SSSR count). The van der Waals surface area contributed by atoms with E-state index in [0.717, 1.165) is 32.1 Å². The smallest absolute Gasteiger partial charge is 0.302 e. The van der Waals surface area contributed by atoms with Crippen LogP contribution in [0.15, 0.2) is 11.6 Å². The maximum Gasteiger partial charge on any atom is 0.302 e. The van der Waals surface area contributed by atoms with Crippen LogP contribution in [-0.4, -0.2) is 24.1 Å². The first-order chi connectivity index (χ1) is 17.4. The predicted octanol–water partition coefficient (Wildman–Crippen LogP) is 8.28. The SMILES string of the molecule is CC(=O)O[C@H]1C[C@@H]2C3=CC(C)(C)CC[C@]3(C)CC[C@@]2(C)[C@]2(C)CC[C@H]3C(C)(C)[C@@H](OC(C)=O)CC[C@]3(C)[C@@H]12. The zero-order valence-corrected chi connectivity index (χ0v) is 26.0. The summed E-state index contributed by atoms with van der Waals surface area (Å²) in [5, 5.41) is 0. The lowest BCUT2D eigenvalue weighted by Gasteiger charge is -2.73. The van der Waals surface area contributed by atoms with Crippen LogP contribution in [0, 0.1) is 50.2 Å². The van der Waals surface area contributed by atoms with Crippen LogP contribution in [-0.2, 0) is 19.1 Å². The Balaban J connectivity index is 1.62. The van der Waals surface area contributed by atoms with Crippen molar-refractivity contribution in [3.05, 3.63) is 11.6 Å². The van der Waals surface area contributed by atoms with Crippen LogP contribution in [0.25, 0.3) is 0 Å². The molecule has 4 nitrogen and oxygen atoms in total. The van der Waals surface area contributed by atoms with Gasteiger partial charge < -0.3 is 9.47 Å². The Morgan fingerprint density at radius 1 is 0.763 bits per heavy atom. The van der Waals surface area contributed by atoms with Crippen LogP contribution >= 0.6 is 0 Å². The van der Waals surface area contributed by atoms with Gasteiger partial charge in [-0.1, -0.05) is 67.0 Å². The van der Waals surface area contributed by atoms with Gasteiger partial charge in [-0.15, -0.1) is 0 Å². The number of hydrogen-bond acceptors (Lipinski definition) is 4. The molecule has 0 aromatic heterocycles. The minimum Gasteiger partial charge on any atom is -0.462 e. The quantitative estimate of drug-likeness (QED) is 0.268. The van der Waals surface area contributed by atoms with E-state index in [1.54, 1.807) is 19.4 Å². The Hall–Kier alpha value is -1.32. The molecule has 5 aliphatic rings. The standard InChI is InChI=1S/C34H54O4/c1-21(35)37-25-19-23-24-20-29(3,4)15-16-31(24,7)17-18-33(23,9)34(10)14-11-26-30(5,6)27(38-22(2)36)12-13-32(26,8)28(25)34/h20,23,25-28H,11-19H2,1-10H3/t23-,25+,26+,27+,28-,31-,32+,33-,34-/m1/s1. The second kappa shape index (κ2) is 8.59. The molecule has 0 radical (unpaired) electrons. The van der Waals surface area contributed by atoms with Crippen molar-refractivity contribution in [2.24, 2.45) is 50.2 Å². The third-order valence-electron chi connectivity index (χ3n) is 13.5. The zero-order valence-electron chi connectivity index (χ0n) is 26.0. The molecule has 4 heteroatoms. The summed E-state index contributed by atoms with van der Waals surface area (Å²) in [6, 6.07) is 0. The van der Waals surface area contributed by atoms with Gasteiger partial charge >= 0.3 is 11.9 Å². The molecule has 4 fully saturated rings. The van der Waals surface area contributed by atoms with Gasteiger partial charge in [-0.3, -0.25) is 9.59 Å². The number of esters is 2. The summed E-state index contributed by atoms with van der Waals surface area (Å²) < 4.78 is 12.3. The third kappa shape index (κ3) is 3.88. The van der Waals surface area contributed by atoms with Gasteiger partial charge in [-0.05, 0) is 96.7 Å². The first kappa shape index (κ1) is 28.2. The fourth-order valence-corrected chi connectivity index (χ4v) is 11.4. The number of allylic oxidation sites excluding steroid dienone is 2. The Morgan fingerprint density at radius 2 is 1.39 bits per heavy atom. The van der Waals surface area contributed by atoms with Crippen LogP contribution in [0.5, 0.6) is 0 Å². The van der Waals surface area contributed by atoms with Crippen LogP contribution < -0.4 is 0 Å². The summed E-state index contributed by atoms with van der Waals surface area (Å²) in [6.07, 6.45) is 12.7. The molecule has 0 N–H and O–H groups in total. The maximum atomic E-state index is 12.7. The molecule has 0 aliphatic heterocycles. The van der Waals surface area contributed by atoms with Crippen molar-refractivity contribution in [2.75, 3.05) is 0 Å². The zero-order chi connectivity index (χ0) is 28.1. The molecule has 0 spiro atoms. The van der Waals surface area contributed by atoms with Crippen molar-refractivity contribution in [2.45, 2.75) is 139 Å². The Morgan fingerprint density at radius 3 is 2.03 bits per heavy atom. The molecular formula is C34H54O4. The molecule has 38 heavy (non-hydrogen) atoms. The molecule has 0 bridgehead atoms. The van der Waals surface area contributed by atoms with Gasteiger partial charge in [0.25, 0.3) is 0 Å². The predicted molar refractivity (Wildman–Crippen MR) is 151 cm³/mol. The van der Waals surface area contributed by atoms with Crippen molar-refractivity contribution < 1.29 is 19.1 Å². The minimum atomic E-state index is -0.174. The fourth-order valence-electron chi connectivity index (χ4n) is 11.4. The van der Waals surface area contributed by atoms with E-state index in [1.165, 1.54) is 25.7 Å². The lowest BCUT2D eigenvalue weighted by Crippen LogP contribution is -2.69. The van der Waals surface area contributed by atoms with Crippen LogP contribution in [0.3, 0.4) is 0 Å². The maximum absolute atomic E-state index is 12.7. The van der Waals surface area contributed by atoms with Crippen molar-refractivity contribution in [3.63, 3.8) is 0 Å². The van der Waals surface area contributed by atoms with Gasteiger partial charge in [-0.2, -0.15) is 0 Å². The highest BCUT2D eigenvalue weighted by Gasteiger charge is 2.71. The monoisotopic (exact) mass is 526 g/mol. The molecule has 0 aromatic rings. The average molecular weight is 527 g/mol. The van der Waals surface area contributed by atoms with E-state index < -0.39 is 0 Å². The van der Waals surface area contributed by atoms with E-state index in [0.29, 0.717) is 17.8 Å². The number of ether oxygens (including phenoxy) is 2. The van der Waals surface area contributed by atoms with Crippen molar-refractivity contribution >= 4 is 11.9 Å². The summed E-state index contributed by atoms with van der Waals surface area (Å²) in [7, 11) is 0. The van der Waals surface area contributed by atoms with Gasteiger partial charge in [0.05, 0.1) is 0 Å². The number of fused-ring (bicyclic) bond motifs is 7. The number of carbonyl (C=O) groups is 2. The van der Waals surface area contributed by atoms with Gasteiger partial charge in [0.15, 0.2) is 0 Å². The first-order valence-electron chi connectivity index (χ1n) is 15.5. The summed E-state index contributed by atoms with van der Waals surface area (Å²) >= 11 is 0. The highest BCUT2D eigenvalue weighted by Crippen LogP contribution is 2.76. The molecular weight excluding hydrogens is 472 g/mol. The van der Waals surface area contributed by atoms with E-state index in [1.807, 2.05) is 0 Å². The molecule has 4 saturated carbocycles. The normalized spacial score (nSPS) is 48.8. The van der Waals surface area contributed by atoms with E-state index in [9.17, 15) is 9.59 Å². The Kier molecular flexibility index (Phi) is 6.38. The summed E-state index contributed by atoms with van der Waals surface area (Å²) in [5.74, 6) is 0.865. The van der Waals surface area contributed by atoms with E-state index in [2.05, 4.69) is 61.5 Å². The number of hydrogen-bond donors (Lipinski definition) is 0. The largest absolute Gasteiger partial charge is 0.462 e. The van der Waals surface area contributed by atoms with Crippen molar-refractivity contribution in [3.8, 4) is 0 Å². The minimum absolute atomic E-state index is 0.0300. The van der Waals surface area contributed by atoms with Crippen LogP contribution in [0.1, 0.15) is 127 Å². The summed E-state index contributed by atoms with van der Waals surface area (Å²) in [6.45, 7) is 22.8. The van der Waals surface area contributed by atoms with Gasteiger partial charge in [0.1, 0.15) is 12.2 Å². The van der Waals surface area contributed by atoms with Gasteiger partial charge in [-0.25, -0.2) is 0 Å².